The molecule has 0 saturated carbocycles. The zero-order chi connectivity index (χ0) is 23.4. The van der Waals surface area contributed by atoms with Crippen LogP contribution < -0.4 is 9.47 Å². The molecule has 0 bridgehead atoms. The van der Waals surface area contributed by atoms with Gasteiger partial charge in [0.1, 0.15) is 24.3 Å². The number of carbonyl (C=O) groups is 1. The van der Waals surface area contributed by atoms with Gasteiger partial charge < -0.3 is 9.47 Å². The number of benzene rings is 2. The second kappa shape index (κ2) is 9.96. The highest BCUT2D eigenvalue weighted by molar-refractivity contribution is 6.63. The summed E-state index contributed by atoms with van der Waals surface area (Å²) in [5.74, 6) is 2.51. The van der Waals surface area contributed by atoms with Crippen molar-refractivity contribution < 1.29 is 18.8 Å². The van der Waals surface area contributed by atoms with Crippen molar-refractivity contribution in [3.8, 4) is 11.5 Å². The molecule has 0 amide bonds. The largest absolute Gasteiger partial charge is 0.493 e. The molecule has 0 unspecified atom stereocenters. The third-order valence-corrected chi connectivity index (χ3v) is 6.47. The van der Waals surface area contributed by atoms with Crippen LogP contribution in [0.25, 0.3) is 6.08 Å². The Kier molecular flexibility index (Phi) is 7.04. The Labute approximate surface area is 201 Å². The first-order valence-corrected chi connectivity index (χ1v) is 11.9. The smallest absolute Gasteiger partial charge is 0.221 e. The minimum Gasteiger partial charge on any atom is -0.493 e. The summed E-state index contributed by atoms with van der Waals surface area (Å²) < 4.78 is 14.6. The number of allylic oxidation sites excluding steroid dienone is 2. The van der Waals surface area contributed by atoms with Crippen LogP contribution in [0.3, 0.4) is 0 Å². The van der Waals surface area contributed by atoms with Crippen molar-refractivity contribution in [2.45, 2.75) is 46.0 Å². The average molecular weight is 465 g/mol. The van der Waals surface area contributed by atoms with Crippen molar-refractivity contribution >= 4 is 34.3 Å². The molecule has 0 atom stereocenters. The van der Waals surface area contributed by atoms with Gasteiger partial charge in [0.25, 0.3) is 0 Å². The van der Waals surface area contributed by atoms with Crippen molar-refractivity contribution in [3.63, 3.8) is 0 Å². The number of rotatable bonds is 8. The van der Waals surface area contributed by atoms with E-state index in [9.17, 15) is 4.79 Å². The second-order valence-corrected chi connectivity index (χ2v) is 9.75. The maximum absolute atomic E-state index is 10.8. The fraction of sp³-hybridized carbons (Fsp3) is 0.357. The van der Waals surface area contributed by atoms with Gasteiger partial charge in [-0.2, -0.15) is 4.58 Å². The molecule has 172 valence electrons. The first kappa shape index (κ1) is 23.3. The van der Waals surface area contributed by atoms with E-state index in [1.807, 2.05) is 18.2 Å². The van der Waals surface area contributed by atoms with E-state index in [1.165, 1.54) is 11.3 Å². The minimum atomic E-state index is -0.272. The van der Waals surface area contributed by atoms with Crippen molar-refractivity contribution in [3.05, 3.63) is 71.5 Å². The molecule has 0 saturated heterocycles. The van der Waals surface area contributed by atoms with Gasteiger partial charge in [-0.15, -0.1) is 0 Å². The second-order valence-electron chi connectivity index (χ2n) is 9.33. The Balaban J connectivity index is 1.52. The van der Waals surface area contributed by atoms with Crippen LogP contribution in [0.2, 0.25) is 0 Å². The van der Waals surface area contributed by atoms with E-state index in [1.54, 1.807) is 0 Å². The summed E-state index contributed by atoms with van der Waals surface area (Å²) >= 11 is 5.38. The van der Waals surface area contributed by atoms with Gasteiger partial charge in [0.05, 0.1) is 6.61 Å². The number of carbonyl (C=O) groups excluding carboxylic acids is 1. The lowest BCUT2D eigenvalue weighted by atomic mass is 9.73. The fourth-order valence-electron chi connectivity index (χ4n) is 4.36. The Morgan fingerprint density at radius 3 is 2.64 bits per heavy atom. The maximum Gasteiger partial charge on any atom is 0.221 e. The Morgan fingerprint density at radius 1 is 1.09 bits per heavy atom. The number of nitrogens with zero attached hydrogens (tertiary/aromatic N) is 1. The number of hydrogen-bond donors (Lipinski definition) is 0. The molecule has 1 aliphatic carbocycles. The lowest BCUT2D eigenvalue weighted by Crippen LogP contribution is -2.31. The van der Waals surface area contributed by atoms with Crippen LogP contribution in [0.15, 0.2) is 65.9 Å². The summed E-state index contributed by atoms with van der Waals surface area (Å²) in [7, 11) is 2.11. The first-order chi connectivity index (χ1) is 15.8. The molecule has 2 aromatic carbocycles. The summed E-state index contributed by atoms with van der Waals surface area (Å²) in [4.78, 5) is 10.8. The highest BCUT2D eigenvalue weighted by atomic mass is 35.5. The topological polar surface area (TPSA) is 38.5 Å². The maximum atomic E-state index is 10.8. The van der Waals surface area contributed by atoms with Crippen LogP contribution in [-0.4, -0.2) is 29.2 Å². The average Bonchev–Trinajstić information content (AvgIpc) is 2.79. The molecule has 1 aliphatic heterocycles. The van der Waals surface area contributed by atoms with Gasteiger partial charge in [0.2, 0.25) is 10.9 Å². The molecule has 5 heteroatoms. The predicted octanol–water partition coefficient (Wildman–Crippen LogP) is 6.90. The van der Waals surface area contributed by atoms with E-state index in [0.717, 1.165) is 54.2 Å². The molecular formula is C28H31ClNO3+. The van der Waals surface area contributed by atoms with Gasteiger partial charge in [0.15, 0.2) is 5.71 Å². The van der Waals surface area contributed by atoms with E-state index in [2.05, 4.69) is 68.0 Å². The van der Waals surface area contributed by atoms with Crippen LogP contribution >= 0.6 is 11.6 Å². The molecule has 0 aromatic heterocycles. The third kappa shape index (κ3) is 5.56. The van der Waals surface area contributed by atoms with Crippen LogP contribution in [-0.2, 0) is 4.79 Å². The molecule has 0 radical (unpaired) electrons. The van der Waals surface area contributed by atoms with Gasteiger partial charge in [-0.05, 0) is 49.1 Å². The highest BCUT2D eigenvalue weighted by Crippen LogP contribution is 2.46. The number of halogens is 1. The summed E-state index contributed by atoms with van der Waals surface area (Å²) in [6.45, 7) is 5.15. The zero-order valence-electron chi connectivity index (χ0n) is 19.6. The van der Waals surface area contributed by atoms with Gasteiger partial charge in [-0.1, -0.05) is 32.0 Å². The van der Waals surface area contributed by atoms with Crippen LogP contribution in [0.1, 0.15) is 51.5 Å². The van der Waals surface area contributed by atoms with E-state index in [0.29, 0.717) is 13.0 Å². The monoisotopic (exact) mass is 464 g/mol. The van der Waals surface area contributed by atoms with Crippen molar-refractivity contribution in [1.29, 1.82) is 0 Å². The summed E-state index contributed by atoms with van der Waals surface area (Å²) in [5, 5.41) is -0.272. The summed E-state index contributed by atoms with van der Waals surface area (Å²) in [5.41, 5.74) is 4.64. The number of fused-ring (bicyclic) bond motifs is 2. The Bertz CT molecular complexity index is 1130. The fourth-order valence-corrected chi connectivity index (χ4v) is 4.50. The van der Waals surface area contributed by atoms with Crippen molar-refractivity contribution in [2.24, 2.45) is 5.41 Å². The highest BCUT2D eigenvalue weighted by Gasteiger charge is 2.38. The van der Waals surface area contributed by atoms with Crippen LogP contribution in [0.5, 0.6) is 11.5 Å². The van der Waals surface area contributed by atoms with Crippen molar-refractivity contribution in [1.82, 2.24) is 0 Å². The number of unbranched alkanes of at least 4 members (excludes halogenated alkanes) is 2. The predicted molar refractivity (Wildman–Crippen MR) is 134 cm³/mol. The number of ether oxygens (including phenoxy) is 2. The first-order valence-electron chi connectivity index (χ1n) is 11.6. The van der Waals surface area contributed by atoms with E-state index in [4.69, 9.17) is 21.1 Å². The molecule has 33 heavy (non-hydrogen) atoms. The minimum absolute atomic E-state index is 0.0419. The van der Waals surface area contributed by atoms with Crippen molar-refractivity contribution in [2.75, 3.05) is 13.7 Å². The van der Waals surface area contributed by atoms with Crippen LogP contribution in [0.4, 0.5) is 5.69 Å². The molecule has 2 aliphatic rings. The molecule has 0 spiro atoms. The quantitative estimate of drug-likeness (QED) is 0.242. The lowest BCUT2D eigenvalue weighted by molar-refractivity contribution is -0.406. The SMILES string of the molecule is C[N+](=C1C=C2Oc3cc(OCCCCCC(=O)Cl)ccc3C=C2C(C)(C)C1)c1ccccc1. The zero-order valence-corrected chi connectivity index (χ0v) is 20.3. The number of hydrogen-bond acceptors (Lipinski definition) is 3. The summed E-state index contributed by atoms with van der Waals surface area (Å²) in [6, 6.07) is 16.4. The molecule has 4 rings (SSSR count). The molecule has 0 fully saturated rings. The van der Waals surface area contributed by atoms with Gasteiger partial charge >= 0.3 is 0 Å². The van der Waals surface area contributed by atoms with E-state index in [-0.39, 0.29) is 10.7 Å². The van der Waals surface area contributed by atoms with Gasteiger partial charge in [-0.3, -0.25) is 4.79 Å². The molecule has 1 heterocycles. The molecular weight excluding hydrogens is 434 g/mol. The normalized spacial score (nSPS) is 17.7. The Hall–Kier alpha value is -2.85. The van der Waals surface area contributed by atoms with Gasteiger partial charge in [0, 0.05) is 53.7 Å². The van der Waals surface area contributed by atoms with Crippen LogP contribution in [0, 0.1) is 5.41 Å². The standard InChI is InChI=1S/C28H31ClNO3/c1-28(2)19-22(30(3)21-10-6-4-7-11-21)17-26-24(28)16-20-13-14-23(18-25(20)33-26)32-15-9-5-8-12-27(29)31/h4,6-7,10-11,13-14,16-18H,5,8-9,12,15,19H2,1-3H3/q+1. The lowest BCUT2D eigenvalue weighted by Gasteiger charge is -2.35. The summed E-state index contributed by atoms with van der Waals surface area (Å²) in [6.07, 6.45) is 8.37. The van der Waals surface area contributed by atoms with E-state index < -0.39 is 0 Å². The molecule has 2 aromatic rings. The third-order valence-electron chi connectivity index (χ3n) is 6.28. The van der Waals surface area contributed by atoms with Gasteiger partial charge in [-0.25, -0.2) is 0 Å². The molecule has 4 nitrogen and oxygen atoms in total. The molecule has 0 N–H and O–H groups in total. The Morgan fingerprint density at radius 2 is 1.88 bits per heavy atom. The van der Waals surface area contributed by atoms with E-state index >= 15 is 0 Å². The number of para-hydroxylation sites is 1.